The van der Waals surface area contributed by atoms with Gasteiger partial charge in [0.25, 0.3) is 0 Å². The Morgan fingerprint density at radius 1 is 1.21 bits per heavy atom. The number of alkyl halides is 2. The third kappa shape index (κ3) is 4.85. The summed E-state index contributed by atoms with van der Waals surface area (Å²) in [5.74, 6) is 0.484. The summed E-state index contributed by atoms with van der Waals surface area (Å²) in [4.78, 5) is 19.2. The average molecular weight is 437 g/mol. The molecule has 29 heavy (non-hydrogen) atoms. The Hall–Kier alpha value is -2.25. The van der Waals surface area contributed by atoms with Gasteiger partial charge in [-0.15, -0.1) is 11.3 Å². The van der Waals surface area contributed by atoms with Crippen molar-refractivity contribution < 1.29 is 18.3 Å². The molecular formula is C21H19ClF2N2O2S. The van der Waals surface area contributed by atoms with Crippen molar-refractivity contribution in [2.24, 2.45) is 0 Å². The number of ether oxygens (including phenoxy) is 1. The standard InChI is InChI=1S/C21H19ClF2N2O2S/c22-15-3-6-18-17(12-15)25-20(29-18)14-7-9-26(10-8-14)19(27)11-13-1-4-16(5-2-13)28-21(23)24/h1-6,12,14,21H,7-11H2. The number of halogens is 3. The van der Waals surface area contributed by atoms with Crippen LogP contribution in [0, 0.1) is 0 Å². The fourth-order valence-electron chi connectivity index (χ4n) is 3.54. The largest absolute Gasteiger partial charge is 0.435 e. The van der Waals surface area contributed by atoms with Crippen molar-refractivity contribution in [3.63, 3.8) is 0 Å². The average Bonchev–Trinajstić information content (AvgIpc) is 3.12. The fraction of sp³-hybridized carbons (Fsp3) is 0.333. The highest BCUT2D eigenvalue weighted by molar-refractivity contribution is 7.18. The lowest BCUT2D eigenvalue weighted by molar-refractivity contribution is -0.131. The second-order valence-corrected chi connectivity index (χ2v) is 8.52. The molecule has 1 aromatic heterocycles. The first kappa shape index (κ1) is 20.0. The lowest BCUT2D eigenvalue weighted by atomic mass is 9.97. The molecule has 4 rings (SSSR count). The van der Waals surface area contributed by atoms with Crippen molar-refractivity contribution in [3.05, 3.63) is 58.1 Å². The highest BCUT2D eigenvalue weighted by Gasteiger charge is 2.26. The molecule has 1 fully saturated rings. The molecule has 1 aliphatic heterocycles. The third-order valence-electron chi connectivity index (χ3n) is 5.07. The Labute approximate surface area is 176 Å². The van der Waals surface area contributed by atoms with Gasteiger partial charge in [0.1, 0.15) is 5.75 Å². The summed E-state index contributed by atoms with van der Waals surface area (Å²) in [5.41, 5.74) is 1.71. The lowest BCUT2D eigenvalue weighted by Crippen LogP contribution is -2.38. The van der Waals surface area contributed by atoms with Gasteiger partial charge in [-0.25, -0.2) is 4.98 Å². The Kier molecular flexibility index (Phi) is 5.96. The molecule has 0 saturated carbocycles. The number of carbonyl (C=O) groups is 1. The zero-order valence-corrected chi connectivity index (χ0v) is 17.1. The monoisotopic (exact) mass is 436 g/mol. The molecule has 152 valence electrons. The van der Waals surface area contributed by atoms with Crippen molar-refractivity contribution in [1.82, 2.24) is 9.88 Å². The van der Waals surface area contributed by atoms with Crippen LogP contribution in [0.4, 0.5) is 8.78 Å². The lowest BCUT2D eigenvalue weighted by Gasteiger charge is -2.31. The molecular weight excluding hydrogens is 418 g/mol. The van der Waals surface area contributed by atoms with Crippen LogP contribution in [0.1, 0.15) is 29.3 Å². The molecule has 2 heterocycles. The van der Waals surface area contributed by atoms with Crippen LogP contribution in [0.2, 0.25) is 5.02 Å². The van der Waals surface area contributed by atoms with Crippen LogP contribution in [0.25, 0.3) is 10.2 Å². The molecule has 0 N–H and O–H groups in total. The minimum absolute atomic E-state index is 0.0436. The van der Waals surface area contributed by atoms with Crippen LogP contribution >= 0.6 is 22.9 Å². The molecule has 0 spiro atoms. The summed E-state index contributed by atoms with van der Waals surface area (Å²) in [5, 5.41) is 1.78. The van der Waals surface area contributed by atoms with Crippen molar-refractivity contribution in [2.45, 2.75) is 31.8 Å². The van der Waals surface area contributed by atoms with E-state index in [2.05, 4.69) is 4.74 Å². The van der Waals surface area contributed by atoms with Gasteiger partial charge < -0.3 is 9.64 Å². The maximum atomic E-state index is 12.6. The van der Waals surface area contributed by atoms with Crippen LogP contribution in [0.3, 0.4) is 0 Å². The summed E-state index contributed by atoms with van der Waals surface area (Å²) in [6.45, 7) is -1.48. The SMILES string of the molecule is O=C(Cc1ccc(OC(F)F)cc1)N1CCC(c2nc3cc(Cl)ccc3s2)CC1. The fourth-order valence-corrected chi connectivity index (χ4v) is 4.83. The van der Waals surface area contributed by atoms with Crippen molar-refractivity contribution in [1.29, 1.82) is 0 Å². The van der Waals surface area contributed by atoms with E-state index < -0.39 is 6.61 Å². The van der Waals surface area contributed by atoms with Gasteiger partial charge in [-0.2, -0.15) is 8.78 Å². The predicted octanol–water partition coefficient (Wildman–Crippen LogP) is 5.50. The van der Waals surface area contributed by atoms with Crippen LogP contribution < -0.4 is 4.74 Å². The molecule has 0 radical (unpaired) electrons. The van der Waals surface area contributed by atoms with E-state index in [9.17, 15) is 13.6 Å². The highest BCUT2D eigenvalue weighted by atomic mass is 35.5. The van der Waals surface area contributed by atoms with Gasteiger partial charge >= 0.3 is 6.61 Å². The summed E-state index contributed by atoms with van der Waals surface area (Å²) in [6.07, 6.45) is 2.00. The maximum Gasteiger partial charge on any atom is 0.387 e. The molecule has 1 aliphatic rings. The van der Waals surface area contributed by atoms with Gasteiger partial charge in [0.05, 0.1) is 21.6 Å². The summed E-state index contributed by atoms with van der Waals surface area (Å²) >= 11 is 7.74. The molecule has 1 amide bonds. The normalized spacial score (nSPS) is 15.2. The van der Waals surface area contributed by atoms with Crippen LogP contribution in [0.5, 0.6) is 5.75 Å². The number of amides is 1. The number of benzene rings is 2. The first-order chi connectivity index (χ1) is 14.0. The Bertz CT molecular complexity index is 1000. The number of nitrogens with zero attached hydrogens (tertiary/aromatic N) is 2. The Morgan fingerprint density at radius 2 is 1.93 bits per heavy atom. The van der Waals surface area contributed by atoms with Gasteiger partial charge in [0.15, 0.2) is 0 Å². The van der Waals surface area contributed by atoms with Crippen LogP contribution in [-0.2, 0) is 11.2 Å². The van der Waals surface area contributed by atoms with Crippen molar-refractivity contribution >= 4 is 39.1 Å². The number of rotatable bonds is 5. The molecule has 2 aromatic carbocycles. The van der Waals surface area contributed by atoms with Crippen LogP contribution in [0.15, 0.2) is 42.5 Å². The number of hydrogen-bond donors (Lipinski definition) is 0. The molecule has 0 atom stereocenters. The summed E-state index contributed by atoms with van der Waals surface area (Å²) in [6, 6.07) is 12.0. The molecule has 0 bridgehead atoms. The molecule has 3 aromatic rings. The smallest absolute Gasteiger partial charge is 0.387 e. The van der Waals surface area contributed by atoms with Gasteiger partial charge in [-0.1, -0.05) is 23.7 Å². The Morgan fingerprint density at radius 3 is 2.62 bits per heavy atom. The van der Waals surface area contributed by atoms with E-state index in [0.29, 0.717) is 24.0 Å². The quantitative estimate of drug-likeness (QED) is 0.530. The van der Waals surface area contributed by atoms with Gasteiger partial charge in [0.2, 0.25) is 5.91 Å². The predicted molar refractivity (Wildman–Crippen MR) is 110 cm³/mol. The van der Waals surface area contributed by atoms with E-state index in [-0.39, 0.29) is 18.1 Å². The maximum absolute atomic E-state index is 12.6. The number of piperidine rings is 1. The van der Waals surface area contributed by atoms with Crippen molar-refractivity contribution in [2.75, 3.05) is 13.1 Å². The zero-order valence-electron chi connectivity index (χ0n) is 15.5. The third-order valence-corrected chi connectivity index (χ3v) is 6.50. The van der Waals surface area contributed by atoms with Crippen molar-refractivity contribution in [3.8, 4) is 5.75 Å². The molecule has 4 nitrogen and oxygen atoms in total. The van der Waals surface area contributed by atoms with E-state index in [1.165, 1.54) is 12.1 Å². The second-order valence-electron chi connectivity index (χ2n) is 7.02. The minimum atomic E-state index is -2.85. The van der Waals surface area contributed by atoms with Gasteiger partial charge in [-0.3, -0.25) is 4.79 Å². The number of fused-ring (bicyclic) bond motifs is 1. The first-order valence-electron chi connectivity index (χ1n) is 9.35. The Balaban J connectivity index is 1.33. The number of carbonyl (C=O) groups excluding carboxylic acids is 1. The van der Waals surface area contributed by atoms with Crippen LogP contribution in [-0.4, -0.2) is 35.5 Å². The summed E-state index contributed by atoms with van der Waals surface area (Å²) < 4.78 is 29.9. The van der Waals surface area contributed by atoms with E-state index in [4.69, 9.17) is 16.6 Å². The topological polar surface area (TPSA) is 42.4 Å². The van der Waals surface area contributed by atoms with Gasteiger partial charge in [0, 0.05) is 24.0 Å². The number of aromatic nitrogens is 1. The second kappa shape index (κ2) is 8.63. The molecule has 8 heteroatoms. The summed E-state index contributed by atoms with van der Waals surface area (Å²) in [7, 11) is 0. The van der Waals surface area contributed by atoms with E-state index >= 15 is 0 Å². The molecule has 1 saturated heterocycles. The number of likely N-dealkylation sites (tertiary alicyclic amines) is 1. The molecule has 0 aliphatic carbocycles. The number of thiazole rings is 1. The first-order valence-corrected chi connectivity index (χ1v) is 10.5. The zero-order chi connectivity index (χ0) is 20.4. The minimum Gasteiger partial charge on any atom is -0.435 e. The molecule has 0 unspecified atom stereocenters. The number of hydrogen-bond acceptors (Lipinski definition) is 4. The van der Waals surface area contributed by atoms with E-state index in [1.54, 1.807) is 23.5 Å². The highest BCUT2D eigenvalue weighted by Crippen LogP contribution is 2.34. The van der Waals surface area contributed by atoms with E-state index in [0.717, 1.165) is 33.6 Å². The van der Waals surface area contributed by atoms with E-state index in [1.807, 2.05) is 23.1 Å². The van der Waals surface area contributed by atoms with Gasteiger partial charge in [-0.05, 0) is 48.7 Å².